The van der Waals surface area contributed by atoms with Crippen LogP contribution >= 0.6 is 0 Å². The fourth-order valence-corrected chi connectivity index (χ4v) is 3.40. The van der Waals surface area contributed by atoms with Gasteiger partial charge in [0.15, 0.2) is 0 Å². The van der Waals surface area contributed by atoms with E-state index in [-0.39, 0.29) is 5.91 Å². The third-order valence-electron chi connectivity index (χ3n) is 4.70. The van der Waals surface area contributed by atoms with Crippen molar-refractivity contribution in [1.29, 1.82) is 0 Å². The molecule has 2 aliphatic rings. The Kier molecular flexibility index (Phi) is 6.80. The topological polar surface area (TPSA) is 64.3 Å². The molecule has 2 saturated carbocycles. The largest absolute Gasteiger partial charge is 0.376 e. The summed E-state index contributed by atoms with van der Waals surface area (Å²) in [6.45, 7) is 1.28. The van der Waals surface area contributed by atoms with E-state index in [1.165, 1.54) is 32.1 Å². The maximum absolute atomic E-state index is 11.8. The number of hydrogen-bond acceptors (Lipinski definition) is 3. The van der Waals surface area contributed by atoms with Crippen LogP contribution in [0.4, 0.5) is 0 Å². The molecule has 3 N–H and O–H groups in total. The lowest BCUT2D eigenvalue weighted by atomic mass is 9.87. The summed E-state index contributed by atoms with van der Waals surface area (Å²) in [5, 5.41) is 2.99. The molecule has 0 aromatic carbocycles. The summed E-state index contributed by atoms with van der Waals surface area (Å²) in [6.07, 6.45) is 11.7. The minimum atomic E-state index is 0.200. The van der Waals surface area contributed by atoms with E-state index in [0.29, 0.717) is 37.6 Å². The maximum Gasteiger partial charge on any atom is 0.220 e. The van der Waals surface area contributed by atoms with Crippen molar-refractivity contribution in [3.8, 4) is 0 Å². The number of ether oxygens (including phenoxy) is 1. The molecule has 0 heterocycles. The molecule has 4 heteroatoms. The average molecular weight is 282 g/mol. The van der Waals surface area contributed by atoms with Gasteiger partial charge in [0.2, 0.25) is 5.91 Å². The van der Waals surface area contributed by atoms with Crippen LogP contribution in [-0.2, 0) is 9.53 Å². The highest BCUT2D eigenvalue weighted by Crippen LogP contribution is 2.26. The van der Waals surface area contributed by atoms with Crippen LogP contribution in [0, 0.1) is 5.92 Å². The van der Waals surface area contributed by atoms with Crippen LogP contribution in [0.1, 0.15) is 64.2 Å². The summed E-state index contributed by atoms with van der Waals surface area (Å²) in [5.41, 5.74) is 5.87. The fraction of sp³-hybridized carbons (Fsp3) is 0.938. The lowest BCUT2D eigenvalue weighted by Gasteiger charge is -2.26. The first kappa shape index (κ1) is 15.8. The van der Waals surface area contributed by atoms with E-state index in [0.717, 1.165) is 25.7 Å². The molecule has 0 spiro atoms. The number of rotatable bonds is 6. The van der Waals surface area contributed by atoms with Gasteiger partial charge in [-0.2, -0.15) is 0 Å². The van der Waals surface area contributed by atoms with Gasteiger partial charge in [0.05, 0.1) is 12.7 Å². The van der Waals surface area contributed by atoms with Gasteiger partial charge in [0.1, 0.15) is 0 Å². The van der Waals surface area contributed by atoms with E-state index in [4.69, 9.17) is 10.5 Å². The van der Waals surface area contributed by atoms with Gasteiger partial charge in [-0.3, -0.25) is 4.79 Å². The van der Waals surface area contributed by atoms with Gasteiger partial charge < -0.3 is 15.8 Å². The van der Waals surface area contributed by atoms with E-state index in [9.17, 15) is 4.79 Å². The van der Waals surface area contributed by atoms with Crippen molar-refractivity contribution in [1.82, 2.24) is 5.32 Å². The molecule has 0 aromatic rings. The molecular formula is C16H30N2O2. The SMILES string of the molecule is NC1CCC(OCCNC(=O)CC2CCCCC2)CC1. The molecule has 0 saturated heterocycles. The first-order valence-corrected chi connectivity index (χ1v) is 8.38. The van der Waals surface area contributed by atoms with Crippen LogP contribution in [0.2, 0.25) is 0 Å². The van der Waals surface area contributed by atoms with Gasteiger partial charge in [0, 0.05) is 19.0 Å². The van der Waals surface area contributed by atoms with Crippen molar-refractivity contribution in [3.63, 3.8) is 0 Å². The van der Waals surface area contributed by atoms with Gasteiger partial charge >= 0.3 is 0 Å². The van der Waals surface area contributed by atoms with Gasteiger partial charge in [-0.15, -0.1) is 0 Å². The summed E-state index contributed by atoms with van der Waals surface area (Å²) >= 11 is 0. The molecule has 0 bridgehead atoms. The molecule has 2 rings (SSSR count). The quantitative estimate of drug-likeness (QED) is 0.735. The molecule has 1 amide bonds. The Balaban J connectivity index is 1.48. The molecule has 2 fully saturated rings. The number of hydrogen-bond donors (Lipinski definition) is 2. The predicted octanol–water partition coefficient (Wildman–Crippen LogP) is 2.36. The first-order valence-electron chi connectivity index (χ1n) is 8.38. The Labute approximate surface area is 122 Å². The maximum atomic E-state index is 11.8. The van der Waals surface area contributed by atoms with Crippen molar-refractivity contribution in [3.05, 3.63) is 0 Å². The van der Waals surface area contributed by atoms with Crippen LogP contribution in [0.15, 0.2) is 0 Å². The normalized spacial score (nSPS) is 28.2. The third kappa shape index (κ3) is 5.80. The zero-order valence-corrected chi connectivity index (χ0v) is 12.6. The van der Waals surface area contributed by atoms with Gasteiger partial charge in [-0.05, 0) is 44.4 Å². The number of carbonyl (C=O) groups excluding carboxylic acids is 1. The standard InChI is InChI=1S/C16H30N2O2/c17-14-6-8-15(9-7-14)20-11-10-18-16(19)12-13-4-2-1-3-5-13/h13-15H,1-12,17H2,(H,18,19). The van der Waals surface area contributed by atoms with Crippen LogP contribution < -0.4 is 11.1 Å². The van der Waals surface area contributed by atoms with Crippen molar-refractivity contribution in [2.75, 3.05) is 13.2 Å². The summed E-state index contributed by atoms with van der Waals surface area (Å²) in [6, 6.07) is 0.366. The Bertz CT molecular complexity index is 282. The third-order valence-corrected chi connectivity index (χ3v) is 4.70. The average Bonchev–Trinajstić information content (AvgIpc) is 2.46. The number of amides is 1. The summed E-state index contributed by atoms with van der Waals surface area (Å²) in [4.78, 5) is 11.8. The molecule has 2 aliphatic carbocycles. The summed E-state index contributed by atoms with van der Waals surface area (Å²) in [5.74, 6) is 0.815. The molecule has 0 aromatic heterocycles. The van der Waals surface area contributed by atoms with Crippen molar-refractivity contribution in [2.24, 2.45) is 11.7 Å². The second-order valence-corrected chi connectivity index (χ2v) is 6.47. The second-order valence-electron chi connectivity index (χ2n) is 6.47. The molecule has 0 unspecified atom stereocenters. The smallest absolute Gasteiger partial charge is 0.220 e. The fourth-order valence-electron chi connectivity index (χ4n) is 3.40. The second kappa shape index (κ2) is 8.63. The molecular weight excluding hydrogens is 252 g/mol. The molecule has 20 heavy (non-hydrogen) atoms. The highest BCUT2D eigenvalue weighted by atomic mass is 16.5. The lowest BCUT2D eigenvalue weighted by Crippen LogP contribution is -2.33. The van der Waals surface area contributed by atoms with E-state index < -0.39 is 0 Å². The van der Waals surface area contributed by atoms with Crippen LogP contribution in [0.25, 0.3) is 0 Å². The molecule has 0 aliphatic heterocycles. The first-order chi connectivity index (χ1) is 9.74. The van der Waals surface area contributed by atoms with Crippen molar-refractivity contribution >= 4 is 5.91 Å². The molecule has 0 atom stereocenters. The van der Waals surface area contributed by atoms with Gasteiger partial charge in [-0.1, -0.05) is 19.3 Å². The van der Waals surface area contributed by atoms with E-state index in [2.05, 4.69) is 5.32 Å². The summed E-state index contributed by atoms with van der Waals surface area (Å²) < 4.78 is 5.80. The highest BCUT2D eigenvalue weighted by Gasteiger charge is 2.19. The highest BCUT2D eigenvalue weighted by molar-refractivity contribution is 5.76. The number of nitrogens with one attached hydrogen (secondary N) is 1. The molecule has 4 nitrogen and oxygen atoms in total. The van der Waals surface area contributed by atoms with E-state index >= 15 is 0 Å². The Morgan fingerprint density at radius 1 is 1.05 bits per heavy atom. The van der Waals surface area contributed by atoms with Crippen molar-refractivity contribution in [2.45, 2.75) is 76.4 Å². The van der Waals surface area contributed by atoms with Gasteiger partial charge in [-0.25, -0.2) is 0 Å². The van der Waals surface area contributed by atoms with Crippen LogP contribution in [-0.4, -0.2) is 31.2 Å². The number of nitrogens with two attached hydrogens (primary N) is 1. The van der Waals surface area contributed by atoms with Crippen LogP contribution in [0.3, 0.4) is 0 Å². The van der Waals surface area contributed by atoms with E-state index in [1.807, 2.05) is 0 Å². The monoisotopic (exact) mass is 282 g/mol. The number of carbonyl (C=O) groups is 1. The zero-order chi connectivity index (χ0) is 14.2. The Hall–Kier alpha value is -0.610. The summed E-state index contributed by atoms with van der Waals surface area (Å²) in [7, 11) is 0. The Morgan fingerprint density at radius 3 is 2.45 bits per heavy atom. The lowest BCUT2D eigenvalue weighted by molar-refractivity contribution is -0.122. The molecule has 0 radical (unpaired) electrons. The minimum Gasteiger partial charge on any atom is -0.376 e. The van der Waals surface area contributed by atoms with Crippen LogP contribution in [0.5, 0.6) is 0 Å². The molecule has 116 valence electrons. The zero-order valence-electron chi connectivity index (χ0n) is 12.6. The van der Waals surface area contributed by atoms with Crippen molar-refractivity contribution < 1.29 is 9.53 Å². The minimum absolute atomic E-state index is 0.200. The Morgan fingerprint density at radius 2 is 1.75 bits per heavy atom. The predicted molar refractivity (Wildman–Crippen MR) is 80.4 cm³/mol. The van der Waals surface area contributed by atoms with E-state index in [1.54, 1.807) is 0 Å². The van der Waals surface area contributed by atoms with Gasteiger partial charge in [0.25, 0.3) is 0 Å².